The number of hydrogen-bond donors (Lipinski definition) is 3. The zero-order valence-corrected chi connectivity index (χ0v) is 14.8. The minimum Gasteiger partial charge on any atom is -0.389 e. The van der Waals surface area contributed by atoms with E-state index in [1.165, 1.54) is 5.57 Å². The molecule has 0 aromatic heterocycles. The highest BCUT2D eigenvalue weighted by molar-refractivity contribution is 5.15. The fourth-order valence-electron chi connectivity index (χ4n) is 2.85. The summed E-state index contributed by atoms with van der Waals surface area (Å²) in [6.07, 6.45) is 5.11. The van der Waals surface area contributed by atoms with Gasteiger partial charge in [-0.05, 0) is 63.5 Å². The first-order chi connectivity index (χ1) is 10.7. The molecule has 0 fully saturated rings. The van der Waals surface area contributed by atoms with E-state index in [0.29, 0.717) is 24.8 Å². The molecular weight excluding hydrogens is 288 g/mol. The molecule has 0 amide bonds. The van der Waals surface area contributed by atoms with Crippen LogP contribution in [0.2, 0.25) is 0 Å². The molecule has 0 saturated heterocycles. The van der Waals surface area contributed by atoms with Crippen LogP contribution in [0, 0.1) is 5.92 Å². The minimum absolute atomic E-state index is 0.211. The Bertz CT molecular complexity index is 487. The largest absolute Gasteiger partial charge is 0.389 e. The van der Waals surface area contributed by atoms with Crippen molar-refractivity contribution in [1.82, 2.24) is 0 Å². The first kappa shape index (κ1) is 19.9. The zero-order valence-electron chi connectivity index (χ0n) is 14.8. The van der Waals surface area contributed by atoms with E-state index in [2.05, 4.69) is 26.2 Å². The highest BCUT2D eigenvalue weighted by atomic mass is 16.3. The molecule has 0 saturated carbocycles. The molecule has 0 aromatic carbocycles. The Kier molecular flexibility index (Phi) is 7.97. The van der Waals surface area contributed by atoms with Crippen LogP contribution >= 0.6 is 0 Å². The molecule has 1 aliphatic carbocycles. The number of allylic oxidation sites excluding steroid dienone is 3. The highest BCUT2D eigenvalue weighted by Crippen LogP contribution is 2.26. The number of aliphatic hydroxyl groups excluding tert-OH is 3. The maximum Gasteiger partial charge on any atom is 0.0762 e. The summed E-state index contributed by atoms with van der Waals surface area (Å²) in [6.45, 7) is 13.8. The Balaban J connectivity index is 3.00. The van der Waals surface area contributed by atoms with Crippen LogP contribution in [0.3, 0.4) is 0 Å². The van der Waals surface area contributed by atoms with Gasteiger partial charge in [0.25, 0.3) is 0 Å². The minimum atomic E-state index is -0.727. The number of hydrogen-bond acceptors (Lipinski definition) is 3. The molecule has 3 nitrogen and oxygen atoms in total. The van der Waals surface area contributed by atoms with Gasteiger partial charge < -0.3 is 15.3 Å². The van der Waals surface area contributed by atoms with Crippen molar-refractivity contribution in [3.05, 3.63) is 47.6 Å². The summed E-state index contributed by atoms with van der Waals surface area (Å²) in [5.41, 5.74) is 3.67. The standard InChI is InChI=1S/C20H32O3/c1-13(2)17-8-6-14(3)7-9-19(22)15(4)10-18(21)11-16(5)20(23)12-17/h6,11,17-23H,1,4,7-10,12H2,2-3,5H3/b14-6?,16-11+/t17-,18+,19-,20-/m0/s1. The summed E-state index contributed by atoms with van der Waals surface area (Å²) < 4.78 is 0. The molecule has 0 unspecified atom stereocenters. The molecule has 1 aliphatic rings. The smallest absolute Gasteiger partial charge is 0.0762 e. The lowest BCUT2D eigenvalue weighted by molar-refractivity contribution is 0.164. The van der Waals surface area contributed by atoms with Crippen molar-refractivity contribution in [1.29, 1.82) is 0 Å². The van der Waals surface area contributed by atoms with Crippen LogP contribution in [0.15, 0.2) is 47.6 Å². The molecule has 0 heterocycles. The maximum absolute atomic E-state index is 10.4. The van der Waals surface area contributed by atoms with Crippen molar-refractivity contribution in [3.8, 4) is 0 Å². The molecule has 0 aliphatic heterocycles. The van der Waals surface area contributed by atoms with E-state index in [1.807, 2.05) is 13.8 Å². The van der Waals surface area contributed by atoms with E-state index < -0.39 is 18.3 Å². The van der Waals surface area contributed by atoms with Crippen molar-refractivity contribution < 1.29 is 15.3 Å². The van der Waals surface area contributed by atoms with Gasteiger partial charge in [0.15, 0.2) is 0 Å². The van der Waals surface area contributed by atoms with Crippen molar-refractivity contribution in [2.75, 3.05) is 0 Å². The summed E-state index contributed by atoms with van der Waals surface area (Å²) in [5, 5.41) is 30.7. The molecule has 3 heteroatoms. The Morgan fingerprint density at radius 2 is 1.83 bits per heavy atom. The molecule has 4 atom stereocenters. The van der Waals surface area contributed by atoms with E-state index in [4.69, 9.17) is 0 Å². The Hall–Kier alpha value is -1.16. The van der Waals surface area contributed by atoms with Gasteiger partial charge in [0.2, 0.25) is 0 Å². The third kappa shape index (κ3) is 6.86. The van der Waals surface area contributed by atoms with Crippen LogP contribution in [0.4, 0.5) is 0 Å². The molecule has 0 radical (unpaired) electrons. The summed E-state index contributed by atoms with van der Waals surface area (Å²) >= 11 is 0. The van der Waals surface area contributed by atoms with E-state index >= 15 is 0 Å². The number of rotatable bonds is 1. The van der Waals surface area contributed by atoms with E-state index in [0.717, 1.165) is 24.0 Å². The van der Waals surface area contributed by atoms with E-state index in [1.54, 1.807) is 6.08 Å². The van der Waals surface area contributed by atoms with E-state index in [-0.39, 0.29) is 5.92 Å². The second kappa shape index (κ2) is 9.21. The van der Waals surface area contributed by atoms with Crippen molar-refractivity contribution in [2.45, 2.75) is 71.2 Å². The van der Waals surface area contributed by atoms with Crippen molar-refractivity contribution in [3.63, 3.8) is 0 Å². The van der Waals surface area contributed by atoms with Gasteiger partial charge in [0.05, 0.1) is 18.3 Å². The van der Waals surface area contributed by atoms with Gasteiger partial charge in [0.1, 0.15) is 0 Å². The first-order valence-corrected chi connectivity index (χ1v) is 8.42. The van der Waals surface area contributed by atoms with Crippen LogP contribution in [0.1, 0.15) is 52.9 Å². The summed E-state index contributed by atoms with van der Waals surface area (Å²) in [5.74, 6) is 0.211. The Morgan fingerprint density at radius 3 is 2.43 bits per heavy atom. The average Bonchev–Trinajstić information content (AvgIpc) is 2.46. The molecular formula is C20H32O3. The van der Waals surface area contributed by atoms with Crippen LogP contribution in [0.25, 0.3) is 0 Å². The van der Waals surface area contributed by atoms with Gasteiger partial charge in [-0.15, -0.1) is 0 Å². The SMILES string of the molecule is C=C(C)[C@H]1CC=C(C)CC[C@H](O)C(=C)C[C@@H](O)/C=C(\C)[C@@H](O)C1. The summed E-state index contributed by atoms with van der Waals surface area (Å²) in [6, 6.07) is 0. The van der Waals surface area contributed by atoms with Crippen LogP contribution in [-0.2, 0) is 0 Å². The third-order valence-electron chi connectivity index (χ3n) is 4.69. The maximum atomic E-state index is 10.4. The molecule has 1 rings (SSSR count). The van der Waals surface area contributed by atoms with Gasteiger partial charge in [-0.25, -0.2) is 0 Å². The fraction of sp³-hybridized carbons (Fsp3) is 0.600. The topological polar surface area (TPSA) is 60.7 Å². The lowest BCUT2D eigenvalue weighted by Crippen LogP contribution is -2.19. The zero-order chi connectivity index (χ0) is 17.6. The summed E-state index contributed by atoms with van der Waals surface area (Å²) in [4.78, 5) is 0. The van der Waals surface area contributed by atoms with Crippen LogP contribution in [-0.4, -0.2) is 33.6 Å². The van der Waals surface area contributed by atoms with E-state index in [9.17, 15) is 15.3 Å². The second-order valence-electron chi connectivity index (χ2n) is 6.98. The summed E-state index contributed by atoms with van der Waals surface area (Å²) in [7, 11) is 0. The Labute approximate surface area is 140 Å². The predicted octanol–water partition coefficient (Wildman–Crippen LogP) is 3.67. The van der Waals surface area contributed by atoms with Crippen LogP contribution < -0.4 is 0 Å². The fourth-order valence-corrected chi connectivity index (χ4v) is 2.85. The molecule has 130 valence electrons. The van der Waals surface area contributed by atoms with Gasteiger partial charge in [0, 0.05) is 6.42 Å². The molecule has 23 heavy (non-hydrogen) atoms. The lowest BCUT2D eigenvalue weighted by Gasteiger charge is -2.22. The number of aliphatic hydroxyl groups is 3. The molecule has 3 N–H and O–H groups in total. The quantitative estimate of drug-likeness (QED) is 0.646. The van der Waals surface area contributed by atoms with Crippen molar-refractivity contribution in [2.24, 2.45) is 5.92 Å². The first-order valence-electron chi connectivity index (χ1n) is 8.42. The van der Waals surface area contributed by atoms with Gasteiger partial charge in [-0.2, -0.15) is 0 Å². The highest BCUT2D eigenvalue weighted by Gasteiger charge is 2.19. The van der Waals surface area contributed by atoms with Gasteiger partial charge in [-0.3, -0.25) is 0 Å². The lowest BCUT2D eigenvalue weighted by atomic mass is 9.87. The van der Waals surface area contributed by atoms with Crippen LogP contribution in [0.5, 0.6) is 0 Å². The molecule has 0 aromatic rings. The second-order valence-corrected chi connectivity index (χ2v) is 6.98. The molecule has 0 spiro atoms. The Morgan fingerprint density at radius 1 is 1.17 bits per heavy atom. The van der Waals surface area contributed by atoms with Gasteiger partial charge in [-0.1, -0.05) is 36.5 Å². The third-order valence-corrected chi connectivity index (χ3v) is 4.69. The van der Waals surface area contributed by atoms with Crippen molar-refractivity contribution >= 4 is 0 Å². The molecule has 0 bridgehead atoms. The average molecular weight is 320 g/mol. The van der Waals surface area contributed by atoms with Gasteiger partial charge >= 0.3 is 0 Å². The predicted molar refractivity (Wildman–Crippen MR) is 96.1 cm³/mol. The monoisotopic (exact) mass is 320 g/mol. The normalized spacial score (nSPS) is 34.1.